The summed E-state index contributed by atoms with van der Waals surface area (Å²) in [5, 5.41) is 3.39. The monoisotopic (exact) mass is 207 g/mol. The van der Waals surface area contributed by atoms with Crippen molar-refractivity contribution in [3.8, 4) is 0 Å². The molecule has 0 unspecified atom stereocenters. The van der Waals surface area contributed by atoms with E-state index in [4.69, 9.17) is 0 Å². The largest absolute Gasteiger partial charge is 0.346 e. The van der Waals surface area contributed by atoms with E-state index in [1.807, 2.05) is 6.20 Å². The molecule has 1 aliphatic heterocycles. The summed E-state index contributed by atoms with van der Waals surface area (Å²) in [6.45, 7) is 6.73. The van der Waals surface area contributed by atoms with Gasteiger partial charge in [-0.05, 0) is 37.8 Å². The maximum Gasteiger partial charge on any atom is 0.106 e. The zero-order chi connectivity index (χ0) is 10.7. The van der Waals surface area contributed by atoms with Crippen molar-refractivity contribution in [3.05, 3.63) is 17.7 Å². The molecule has 0 aliphatic carbocycles. The Hall–Kier alpha value is -0.830. The molecule has 0 bridgehead atoms. The summed E-state index contributed by atoms with van der Waals surface area (Å²) in [7, 11) is 0. The molecule has 2 heterocycles. The molecule has 1 aliphatic rings. The summed E-state index contributed by atoms with van der Waals surface area (Å²) >= 11 is 0. The average Bonchev–Trinajstić information content (AvgIpc) is 2.68. The van der Waals surface area contributed by atoms with Crippen LogP contribution < -0.4 is 5.32 Å². The van der Waals surface area contributed by atoms with E-state index in [0.29, 0.717) is 5.92 Å². The third-order valence-corrected chi connectivity index (χ3v) is 3.21. The smallest absolute Gasteiger partial charge is 0.106 e. The van der Waals surface area contributed by atoms with Crippen molar-refractivity contribution in [1.82, 2.24) is 15.3 Å². The fraction of sp³-hybridized carbons (Fsp3) is 0.750. The first-order valence-electron chi connectivity index (χ1n) is 6.00. The number of imidazole rings is 1. The molecular formula is C12H21N3. The Morgan fingerprint density at radius 3 is 2.73 bits per heavy atom. The summed E-state index contributed by atoms with van der Waals surface area (Å²) in [6, 6.07) is 0. The lowest BCUT2D eigenvalue weighted by Crippen LogP contribution is -2.28. The number of piperidine rings is 1. The fourth-order valence-electron chi connectivity index (χ4n) is 2.14. The summed E-state index contributed by atoms with van der Waals surface area (Å²) in [4.78, 5) is 7.88. The predicted molar refractivity (Wildman–Crippen MR) is 62.0 cm³/mol. The number of H-pyrrole nitrogens is 1. The van der Waals surface area contributed by atoms with Crippen LogP contribution >= 0.6 is 0 Å². The first kappa shape index (κ1) is 10.7. The van der Waals surface area contributed by atoms with E-state index >= 15 is 0 Å². The van der Waals surface area contributed by atoms with Gasteiger partial charge in [0.15, 0.2) is 0 Å². The van der Waals surface area contributed by atoms with Crippen LogP contribution in [0.5, 0.6) is 0 Å². The number of nitrogens with one attached hydrogen (secondary N) is 2. The molecule has 1 fully saturated rings. The third kappa shape index (κ3) is 2.81. The van der Waals surface area contributed by atoms with Gasteiger partial charge < -0.3 is 10.3 Å². The number of hydrogen-bond donors (Lipinski definition) is 2. The van der Waals surface area contributed by atoms with E-state index in [-0.39, 0.29) is 0 Å². The van der Waals surface area contributed by atoms with Crippen LogP contribution in [0.1, 0.15) is 44.1 Å². The SMILES string of the molecule is CC(C)c1cnc(CC2CCNCC2)[nH]1. The number of rotatable bonds is 3. The Morgan fingerprint density at radius 1 is 1.40 bits per heavy atom. The molecule has 0 saturated carbocycles. The first-order chi connectivity index (χ1) is 7.25. The second-order valence-electron chi connectivity index (χ2n) is 4.84. The van der Waals surface area contributed by atoms with Crippen molar-refractivity contribution >= 4 is 0 Å². The van der Waals surface area contributed by atoms with Gasteiger partial charge in [-0.2, -0.15) is 0 Å². The van der Waals surface area contributed by atoms with E-state index < -0.39 is 0 Å². The lowest BCUT2D eigenvalue weighted by molar-refractivity contribution is 0.368. The molecule has 0 radical (unpaired) electrons. The predicted octanol–water partition coefficient (Wildman–Crippen LogP) is 2.08. The molecule has 0 aromatic carbocycles. The lowest BCUT2D eigenvalue weighted by Gasteiger charge is -2.21. The Kier molecular flexibility index (Phi) is 3.41. The third-order valence-electron chi connectivity index (χ3n) is 3.21. The topological polar surface area (TPSA) is 40.7 Å². The van der Waals surface area contributed by atoms with Crippen molar-refractivity contribution in [2.75, 3.05) is 13.1 Å². The summed E-state index contributed by atoms with van der Waals surface area (Å²) < 4.78 is 0. The minimum absolute atomic E-state index is 0.555. The number of aromatic nitrogens is 2. The summed E-state index contributed by atoms with van der Waals surface area (Å²) in [5.41, 5.74) is 1.26. The number of nitrogens with zero attached hydrogens (tertiary/aromatic N) is 1. The molecular weight excluding hydrogens is 186 g/mol. The van der Waals surface area contributed by atoms with Crippen LogP contribution in [0.15, 0.2) is 6.20 Å². The molecule has 1 aromatic rings. The van der Waals surface area contributed by atoms with Crippen molar-refractivity contribution in [3.63, 3.8) is 0 Å². The molecule has 2 rings (SSSR count). The minimum Gasteiger partial charge on any atom is -0.346 e. The van der Waals surface area contributed by atoms with Gasteiger partial charge in [0, 0.05) is 18.3 Å². The first-order valence-corrected chi connectivity index (χ1v) is 6.00. The lowest BCUT2D eigenvalue weighted by atomic mass is 9.94. The van der Waals surface area contributed by atoms with E-state index in [1.54, 1.807) is 0 Å². The molecule has 3 heteroatoms. The van der Waals surface area contributed by atoms with E-state index in [0.717, 1.165) is 12.3 Å². The van der Waals surface area contributed by atoms with Gasteiger partial charge in [-0.1, -0.05) is 13.8 Å². The highest BCUT2D eigenvalue weighted by atomic mass is 14.9. The van der Waals surface area contributed by atoms with Gasteiger partial charge in [0.2, 0.25) is 0 Å². The van der Waals surface area contributed by atoms with Crippen molar-refractivity contribution in [2.45, 2.75) is 39.0 Å². The maximum absolute atomic E-state index is 4.46. The Balaban J connectivity index is 1.91. The highest BCUT2D eigenvalue weighted by Crippen LogP contribution is 2.18. The van der Waals surface area contributed by atoms with Crippen LogP contribution in [-0.4, -0.2) is 23.1 Å². The highest BCUT2D eigenvalue weighted by Gasteiger charge is 2.15. The van der Waals surface area contributed by atoms with E-state index in [9.17, 15) is 0 Å². The van der Waals surface area contributed by atoms with Crippen molar-refractivity contribution in [1.29, 1.82) is 0 Å². The molecule has 0 spiro atoms. The molecule has 15 heavy (non-hydrogen) atoms. The quantitative estimate of drug-likeness (QED) is 0.796. The van der Waals surface area contributed by atoms with Crippen molar-refractivity contribution in [2.24, 2.45) is 5.92 Å². The van der Waals surface area contributed by atoms with E-state index in [1.165, 1.54) is 37.4 Å². The van der Waals surface area contributed by atoms with Crippen LogP contribution in [0.3, 0.4) is 0 Å². The Bertz CT molecular complexity index is 298. The molecule has 84 valence electrons. The van der Waals surface area contributed by atoms with Gasteiger partial charge in [-0.3, -0.25) is 0 Å². The van der Waals surface area contributed by atoms with Crippen LogP contribution in [0.4, 0.5) is 0 Å². The second kappa shape index (κ2) is 4.79. The van der Waals surface area contributed by atoms with Crippen LogP contribution in [0, 0.1) is 5.92 Å². The van der Waals surface area contributed by atoms with Crippen LogP contribution in [0.25, 0.3) is 0 Å². The zero-order valence-corrected chi connectivity index (χ0v) is 9.71. The maximum atomic E-state index is 4.46. The molecule has 1 aromatic heterocycles. The normalized spacial score (nSPS) is 18.6. The minimum atomic E-state index is 0.555. The highest BCUT2D eigenvalue weighted by molar-refractivity contribution is 5.06. The number of hydrogen-bond acceptors (Lipinski definition) is 2. The van der Waals surface area contributed by atoms with Crippen LogP contribution in [0.2, 0.25) is 0 Å². The molecule has 0 amide bonds. The van der Waals surface area contributed by atoms with Gasteiger partial charge in [-0.25, -0.2) is 4.98 Å². The standard InChI is InChI=1S/C12H21N3/c1-9(2)11-8-14-12(15-11)7-10-3-5-13-6-4-10/h8-10,13H,3-7H2,1-2H3,(H,14,15). The van der Waals surface area contributed by atoms with E-state index in [2.05, 4.69) is 29.1 Å². The van der Waals surface area contributed by atoms with Crippen molar-refractivity contribution < 1.29 is 0 Å². The Labute approximate surface area is 91.7 Å². The summed E-state index contributed by atoms with van der Waals surface area (Å²) in [5.74, 6) is 2.54. The zero-order valence-electron chi connectivity index (χ0n) is 9.71. The van der Waals surface area contributed by atoms with Gasteiger partial charge in [0.1, 0.15) is 5.82 Å². The average molecular weight is 207 g/mol. The van der Waals surface area contributed by atoms with Gasteiger partial charge in [-0.15, -0.1) is 0 Å². The van der Waals surface area contributed by atoms with Gasteiger partial charge in [0.25, 0.3) is 0 Å². The van der Waals surface area contributed by atoms with Crippen LogP contribution in [-0.2, 0) is 6.42 Å². The molecule has 2 N–H and O–H groups in total. The number of aromatic amines is 1. The molecule has 0 atom stereocenters. The molecule has 1 saturated heterocycles. The van der Waals surface area contributed by atoms with Gasteiger partial charge in [0.05, 0.1) is 0 Å². The fourth-order valence-corrected chi connectivity index (χ4v) is 2.14. The van der Waals surface area contributed by atoms with Gasteiger partial charge >= 0.3 is 0 Å². The summed E-state index contributed by atoms with van der Waals surface area (Å²) in [6.07, 6.45) is 5.69. The second-order valence-corrected chi connectivity index (χ2v) is 4.84. The Morgan fingerprint density at radius 2 is 2.13 bits per heavy atom. The molecule has 3 nitrogen and oxygen atoms in total.